The zero-order chi connectivity index (χ0) is 13.0. The SMILES string of the molecule is Fc1ccc(SCC2(CS)CCOCC2)cc1F. The van der Waals surface area contributed by atoms with Crippen molar-refractivity contribution in [2.24, 2.45) is 5.41 Å². The van der Waals surface area contributed by atoms with Crippen molar-refractivity contribution in [3.63, 3.8) is 0 Å². The molecule has 0 amide bonds. The second-order valence-corrected chi connectivity index (χ2v) is 6.00. The predicted molar refractivity (Wildman–Crippen MR) is 73.4 cm³/mol. The van der Waals surface area contributed by atoms with Crippen LogP contribution in [0.2, 0.25) is 0 Å². The molecular weight excluding hydrogens is 274 g/mol. The van der Waals surface area contributed by atoms with Gasteiger partial charge in [-0.05, 0) is 42.2 Å². The van der Waals surface area contributed by atoms with Crippen LogP contribution in [-0.4, -0.2) is 24.7 Å². The first-order valence-corrected chi connectivity index (χ1v) is 7.53. The highest BCUT2D eigenvalue weighted by atomic mass is 32.2. The Morgan fingerprint density at radius 3 is 2.56 bits per heavy atom. The van der Waals surface area contributed by atoms with Crippen molar-refractivity contribution < 1.29 is 13.5 Å². The summed E-state index contributed by atoms with van der Waals surface area (Å²) >= 11 is 5.99. The van der Waals surface area contributed by atoms with Crippen LogP contribution >= 0.6 is 24.4 Å². The van der Waals surface area contributed by atoms with Gasteiger partial charge in [0.2, 0.25) is 0 Å². The first-order valence-electron chi connectivity index (χ1n) is 5.92. The molecule has 0 N–H and O–H groups in total. The lowest BCUT2D eigenvalue weighted by Gasteiger charge is -2.35. The molecule has 0 aliphatic carbocycles. The van der Waals surface area contributed by atoms with Gasteiger partial charge in [-0.15, -0.1) is 11.8 Å². The summed E-state index contributed by atoms with van der Waals surface area (Å²) in [6.45, 7) is 1.53. The maximum atomic E-state index is 13.1. The van der Waals surface area contributed by atoms with Crippen LogP contribution in [0, 0.1) is 17.0 Å². The summed E-state index contributed by atoms with van der Waals surface area (Å²) in [7, 11) is 0. The van der Waals surface area contributed by atoms with E-state index in [1.54, 1.807) is 17.8 Å². The Labute approximate surface area is 116 Å². The number of hydrogen-bond donors (Lipinski definition) is 1. The smallest absolute Gasteiger partial charge is 0.159 e. The standard InChI is InChI=1S/C13H16F2OS2/c14-11-2-1-10(7-12(11)15)18-9-13(8-17)3-5-16-6-4-13/h1-2,7,17H,3-6,8-9H2. The zero-order valence-electron chi connectivity index (χ0n) is 9.99. The topological polar surface area (TPSA) is 9.23 Å². The summed E-state index contributed by atoms with van der Waals surface area (Å²) in [4.78, 5) is 0.765. The van der Waals surface area contributed by atoms with Gasteiger partial charge in [0.15, 0.2) is 11.6 Å². The van der Waals surface area contributed by atoms with Crippen LogP contribution in [0.15, 0.2) is 23.1 Å². The highest BCUT2D eigenvalue weighted by Gasteiger charge is 2.31. The lowest BCUT2D eigenvalue weighted by molar-refractivity contribution is 0.0371. The molecule has 1 nitrogen and oxygen atoms in total. The minimum atomic E-state index is -0.797. The first kappa shape index (κ1) is 14.2. The molecule has 0 aromatic heterocycles. The average molecular weight is 290 g/mol. The maximum absolute atomic E-state index is 13.1. The Hall–Kier alpha value is -0.260. The van der Waals surface area contributed by atoms with Crippen molar-refractivity contribution in [2.75, 3.05) is 24.7 Å². The van der Waals surface area contributed by atoms with Crippen LogP contribution in [0.3, 0.4) is 0 Å². The van der Waals surface area contributed by atoms with Gasteiger partial charge in [0.25, 0.3) is 0 Å². The minimum absolute atomic E-state index is 0.150. The summed E-state index contributed by atoms with van der Waals surface area (Å²) in [5.41, 5.74) is 0.150. The second-order valence-electron chi connectivity index (χ2n) is 4.64. The number of hydrogen-bond acceptors (Lipinski definition) is 3. The maximum Gasteiger partial charge on any atom is 0.159 e. The molecule has 0 radical (unpaired) electrons. The minimum Gasteiger partial charge on any atom is -0.381 e. The Kier molecular flexibility index (Phi) is 4.92. The van der Waals surface area contributed by atoms with E-state index in [1.165, 1.54) is 12.1 Å². The Balaban J connectivity index is 1.98. The summed E-state index contributed by atoms with van der Waals surface area (Å²) in [5, 5.41) is 0. The number of ether oxygens (including phenoxy) is 1. The first-order chi connectivity index (χ1) is 8.65. The van der Waals surface area contributed by atoms with Gasteiger partial charge in [-0.2, -0.15) is 12.6 Å². The molecule has 0 saturated carbocycles. The number of halogens is 2. The molecule has 1 aliphatic heterocycles. The van der Waals surface area contributed by atoms with E-state index in [9.17, 15) is 8.78 Å². The fourth-order valence-electron chi connectivity index (χ4n) is 1.96. The van der Waals surface area contributed by atoms with Crippen molar-refractivity contribution in [3.8, 4) is 0 Å². The highest BCUT2D eigenvalue weighted by molar-refractivity contribution is 7.99. The van der Waals surface area contributed by atoms with E-state index in [1.807, 2.05) is 0 Å². The molecule has 0 atom stereocenters. The van der Waals surface area contributed by atoms with Crippen molar-refractivity contribution in [2.45, 2.75) is 17.7 Å². The number of benzene rings is 1. The molecule has 1 saturated heterocycles. The quantitative estimate of drug-likeness (QED) is 0.667. The third-order valence-corrected chi connectivity index (χ3v) is 5.34. The lowest BCUT2D eigenvalue weighted by Crippen LogP contribution is -2.33. The molecule has 0 bridgehead atoms. The van der Waals surface area contributed by atoms with Crippen molar-refractivity contribution in [1.82, 2.24) is 0 Å². The predicted octanol–water partition coefficient (Wildman–Crippen LogP) is 3.78. The van der Waals surface area contributed by atoms with Crippen molar-refractivity contribution in [1.29, 1.82) is 0 Å². The van der Waals surface area contributed by atoms with Crippen molar-refractivity contribution >= 4 is 24.4 Å². The Morgan fingerprint density at radius 1 is 1.22 bits per heavy atom. The van der Waals surface area contributed by atoms with Crippen LogP contribution in [0.25, 0.3) is 0 Å². The summed E-state index contributed by atoms with van der Waals surface area (Å²) < 4.78 is 31.3. The summed E-state index contributed by atoms with van der Waals surface area (Å²) in [6, 6.07) is 4.05. The lowest BCUT2D eigenvalue weighted by atomic mass is 9.84. The van der Waals surface area contributed by atoms with Gasteiger partial charge in [-0.1, -0.05) is 0 Å². The van der Waals surface area contributed by atoms with Gasteiger partial charge < -0.3 is 4.74 Å². The third-order valence-electron chi connectivity index (χ3n) is 3.32. The Bertz CT molecular complexity index is 406. The van der Waals surface area contributed by atoms with E-state index in [4.69, 9.17) is 4.74 Å². The van der Waals surface area contributed by atoms with E-state index in [0.717, 1.165) is 42.5 Å². The average Bonchev–Trinajstić information content (AvgIpc) is 2.41. The molecule has 0 unspecified atom stereocenters. The number of thioether (sulfide) groups is 1. The van der Waals surface area contributed by atoms with E-state index >= 15 is 0 Å². The van der Waals surface area contributed by atoms with Crippen LogP contribution < -0.4 is 0 Å². The van der Waals surface area contributed by atoms with Gasteiger partial charge >= 0.3 is 0 Å². The van der Waals surface area contributed by atoms with Gasteiger partial charge in [-0.25, -0.2) is 8.78 Å². The van der Waals surface area contributed by atoms with Gasteiger partial charge in [-0.3, -0.25) is 0 Å². The fourth-order valence-corrected chi connectivity index (χ4v) is 3.75. The molecule has 0 spiro atoms. The number of thiol groups is 1. The summed E-state index contributed by atoms with van der Waals surface area (Å²) in [6.07, 6.45) is 1.96. The van der Waals surface area contributed by atoms with Gasteiger partial charge in [0.1, 0.15) is 0 Å². The molecule has 5 heteroatoms. The summed E-state index contributed by atoms with van der Waals surface area (Å²) in [5.74, 6) is 0.0825. The molecular formula is C13H16F2OS2. The molecule has 1 heterocycles. The highest BCUT2D eigenvalue weighted by Crippen LogP contribution is 2.37. The van der Waals surface area contributed by atoms with Crippen LogP contribution in [0.5, 0.6) is 0 Å². The van der Waals surface area contributed by atoms with Crippen molar-refractivity contribution in [3.05, 3.63) is 29.8 Å². The molecule has 2 rings (SSSR count). The molecule has 1 aromatic carbocycles. The normalized spacial score (nSPS) is 18.8. The fraction of sp³-hybridized carbons (Fsp3) is 0.538. The molecule has 1 fully saturated rings. The van der Waals surface area contributed by atoms with Crippen LogP contribution in [-0.2, 0) is 4.74 Å². The molecule has 18 heavy (non-hydrogen) atoms. The Morgan fingerprint density at radius 2 is 1.94 bits per heavy atom. The van der Waals surface area contributed by atoms with E-state index in [0.29, 0.717) is 0 Å². The van der Waals surface area contributed by atoms with E-state index in [2.05, 4.69) is 12.6 Å². The molecule has 1 aliphatic rings. The monoisotopic (exact) mass is 290 g/mol. The number of rotatable bonds is 4. The van der Waals surface area contributed by atoms with Gasteiger partial charge in [0, 0.05) is 23.9 Å². The third kappa shape index (κ3) is 3.39. The largest absolute Gasteiger partial charge is 0.381 e. The molecule has 100 valence electrons. The van der Waals surface area contributed by atoms with Gasteiger partial charge in [0.05, 0.1) is 0 Å². The van der Waals surface area contributed by atoms with Crippen LogP contribution in [0.4, 0.5) is 8.78 Å². The second kappa shape index (κ2) is 6.26. The zero-order valence-corrected chi connectivity index (χ0v) is 11.7. The molecule has 1 aromatic rings. The van der Waals surface area contributed by atoms with Crippen LogP contribution in [0.1, 0.15) is 12.8 Å². The van der Waals surface area contributed by atoms with E-state index < -0.39 is 11.6 Å². The van der Waals surface area contributed by atoms with E-state index in [-0.39, 0.29) is 5.41 Å².